The first-order valence-corrected chi connectivity index (χ1v) is 8.59. The van der Waals surface area contributed by atoms with Gasteiger partial charge in [-0.25, -0.2) is 0 Å². The van der Waals surface area contributed by atoms with E-state index in [0.717, 1.165) is 23.8 Å². The van der Waals surface area contributed by atoms with Crippen molar-refractivity contribution in [3.8, 4) is 0 Å². The second-order valence-corrected chi connectivity index (χ2v) is 6.96. The average Bonchev–Trinajstić information content (AvgIpc) is 3.01. The molecule has 1 aromatic rings. The van der Waals surface area contributed by atoms with Crippen molar-refractivity contribution in [2.75, 3.05) is 7.05 Å². The first-order valence-electron chi connectivity index (χ1n) is 8.59. The predicted octanol–water partition coefficient (Wildman–Crippen LogP) is 4.74. The van der Waals surface area contributed by atoms with Crippen LogP contribution in [0.2, 0.25) is 0 Å². The minimum absolute atomic E-state index is 0.760. The topological polar surface area (TPSA) is 12.0 Å². The first kappa shape index (κ1) is 14.1. The van der Waals surface area contributed by atoms with Crippen molar-refractivity contribution >= 4 is 0 Å². The molecule has 0 bridgehead atoms. The quantitative estimate of drug-likeness (QED) is 0.834. The number of nitrogens with one attached hydrogen (secondary N) is 1. The SMILES string of the molecule is CNC1CCC(c2ccccc2)CC1CC1CCCC1. The van der Waals surface area contributed by atoms with Crippen molar-refractivity contribution in [1.82, 2.24) is 5.32 Å². The molecule has 110 valence electrons. The molecule has 0 heterocycles. The maximum Gasteiger partial charge on any atom is 0.00928 e. The predicted molar refractivity (Wildman–Crippen MR) is 85.9 cm³/mol. The van der Waals surface area contributed by atoms with Crippen molar-refractivity contribution < 1.29 is 0 Å². The summed E-state index contributed by atoms with van der Waals surface area (Å²) in [7, 11) is 2.16. The fourth-order valence-electron chi connectivity index (χ4n) is 4.61. The van der Waals surface area contributed by atoms with E-state index in [1.54, 1.807) is 5.56 Å². The molecule has 0 aliphatic heterocycles. The smallest absolute Gasteiger partial charge is 0.00928 e. The zero-order valence-corrected chi connectivity index (χ0v) is 12.9. The zero-order chi connectivity index (χ0) is 13.8. The van der Waals surface area contributed by atoms with Crippen LogP contribution in [-0.4, -0.2) is 13.1 Å². The van der Waals surface area contributed by atoms with Gasteiger partial charge in [-0.1, -0.05) is 56.0 Å². The highest BCUT2D eigenvalue weighted by molar-refractivity contribution is 5.20. The Balaban J connectivity index is 1.65. The van der Waals surface area contributed by atoms with Gasteiger partial charge in [-0.05, 0) is 56.0 Å². The molecule has 0 aromatic heterocycles. The minimum Gasteiger partial charge on any atom is -0.317 e. The van der Waals surface area contributed by atoms with Gasteiger partial charge in [-0.15, -0.1) is 0 Å². The highest BCUT2D eigenvalue weighted by Crippen LogP contribution is 2.41. The Labute approximate surface area is 124 Å². The van der Waals surface area contributed by atoms with Gasteiger partial charge in [-0.3, -0.25) is 0 Å². The molecule has 0 amide bonds. The first-order chi connectivity index (χ1) is 9.86. The van der Waals surface area contributed by atoms with E-state index in [0.29, 0.717) is 0 Å². The molecule has 1 heteroatoms. The van der Waals surface area contributed by atoms with Crippen LogP contribution in [-0.2, 0) is 0 Å². The molecular weight excluding hydrogens is 242 g/mol. The summed E-state index contributed by atoms with van der Waals surface area (Å²) in [6.45, 7) is 0. The molecule has 3 rings (SSSR count). The number of rotatable bonds is 4. The summed E-state index contributed by atoms with van der Waals surface area (Å²) in [5.41, 5.74) is 1.57. The lowest BCUT2D eigenvalue weighted by Crippen LogP contribution is -2.39. The van der Waals surface area contributed by atoms with Crippen LogP contribution in [0.3, 0.4) is 0 Å². The molecule has 2 saturated carbocycles. The Morgan fingerprint density at radius 3 is 2.45 bits per heavy atom. The van der Waals surface area contributed by atoms with E-state index in [1.165, 1.54) is 51.4 Å². The molecule has 2 aliphatic carbocycles. The van der Waals surface area contributed by atoms with Crippen molar-refractivity contribution in [3.05, 3.63) is 35.9 Å². The molecule has 20 heavy (non-hydrogen) atoms. The molecular formula is C19H29N. The third-order valence-corrected chi connectivity index (χ3v) is 5.74. The van der Waals surface area contributed by atoms with Gasteiger partial charge < -0.3 is 5.32 Å². The van der Waals surface area contributed by atoms with E-state index in [4.69, 9.17) is 0 Å². The van der Waals surface area contributed by atoms with E-state index < -0.39 is 0 Å². The van der Waals surface area contributed by atoms with E-state index in [-0.39, 0.29) is 0 Å². The number of hydrogen-bond acceptors (Lipinski definition) is 1. The highest BCUT2D eigenvalue weighted by atomic mass is 14.9. The van der Waals surface area contributed by atoms with Crippen molar-refractivity contribution in [2.24, 2.45) is 11.8 Å². The average molecular weight is 271 g/mol. The summed E-state index contributed by atoms with van der Waals surface area (Å²) in [4.78, 5) is 0. The Hall–Kier alpha value is -0.820. The molecule has 1 N–H and O–H groups in total. The highest BCUT2D eigenvalue weighted by Gasteiger charge is 2.32. The van der Waals surface area contributed by atoms with Gasteiger partial charge in [0, 0.05) is 6.04 Å². The normalized spacial score (nSPS) is 31.6. The van der Waals surface area contributed by atoms with Gasteiger partial charge in [0.25, 0.3) is 0 Å². The van der Waals surface area contributed by atoms with E-state index in [1.807, 2.05) is 0 Å². The number of benzene rings is 1. The third kappa shape index (κ3) is 3.25. The second-order valence-electron chi connectivity index (χ2n) is 6.96. The van der Waals surface area contributed by atoms with Crippen LogP contribution in [0.15, 0.2) is 30.3 Å². The van der Waals surface area contributed by atoms with Crippen LogP contribution >= 0.6 is 0 Å². The standard InChI is InChI=1S/C19H29N/c1-20-19-12-11-17(16-9-3-2-4-10-16)14-18(19)13-15-7-5-6-8-15/h2-4,9-10,15,17-20H,5-8,11-14H2,1H3. The van der Waals surface area contributed by atoms with Crippen LogP contribution in [0.4, 0.5) is 0 Å². The Kier molecular flexibility index (Phi) is 4.77. The molecule has 3 atom stereocenters. The summed E-state index contributed by atoms with van der Waals surface area (Å²) in [5, 5.41) is 3.60. The summed E-state index contributed by atoms with van der Waals surface area (Å²) >= 11 is 0. The molecule has 3 unspecified atom stereocenters. The molecule has 0 radical (unpaired) electrons. The molecule has 1 nitrogen and oxygen atoms in total. The van der Waals surface area contributed by atoms with Crippen molar-refractivity contribution in [3.63, 3.8) is 0 Å². The minimum atomic E-state index is 0.760. The van der Waals surface area contributed by atoms with Crippen molar-refractivity contribution in [2.45, 2.75) is 63.3 Å². The van der Waals surface area contributed by atoms with Crippen LogP contribution in [0.25, 0.3) is 0 Å². The molecule has 2 fully saturated rings. The van der Waals surface area contributed by atoms with Crippen LogP contribution in [0.1, 0.15) is 62.8 Å². The van der Waals surface area contributed by atoms with Gasteiger partial charge in [0.15, 0.2) is 0 Å². The molecule has 0 saturated heterocycles. The summed E-state index contributed by atoms with van der Waals surface area (Å²) < 4.78 is 0. The zero-order valence-electron chi connectivity index (χ0n) is 12.9. The lowest BCUT2D eigenvalue weighted by Gasteiger charge is -2.37. The monoisotopic (exact) mass is 271 g/mol. The van der Waals surface area contributed by atoms with E-state index in [9.17, 15) is 0 Å². The molecule has 2 aliphatic rings. The van der Waals surface area contributed by atoms with E-state index >= 15 is 0 Å². The fraction of sp³-hybridized carbons (Fsp3) is 0.684. The fourth-order valence-corrected chi connectivity index (χ4v) is 4.61. The van der Waals surface area contributed by atoms with Crippen molar-refractivity contribution in [1.29, 1.82) is 0 Å². The Morgan fingerprint density at radius 2 is 1.75 bits per heavy atom. The molecule has 0 spiro atoms. The lowest BCUT2D eigenvalue weighted by molar-refractivity contribution is 0.210. The largest absolute Gasteiger partial charge is 0.317 e. The lowest BCUT2D eigenvalue weighted by atomic mass is 9.72. The maximum atomic E-state index is 3.60. The van der Waals surface area contributed by atoms with E-state index in [2.05, 4.69) is 42.7 Å². The van der Waals surface area contributed by atoms with Gasteiger partial charge in [0.05, 0.1) is 0 Å². The van der Waals surface area contributed by atoms with Crippen LogP contribution in [0, 0.1) is 11.8 Å². The van der Waals surface area contributed by atoms with Gasteiger partial charge >= 0.3 is 0 Å². The summed E-state index contributed by atoms with van der Waals surface area (Å²) in [6.07, 6.45) is 11.5. The maximum absolute atomic E-state index is 3.60. The molecule has 1 aromatic carbocycles. The van der Waals surface area contributed by atoms with Crippen LogP contribution < -0.4 is 5.32 Å². The van der Waals surface area contributed by atoms with Gasteiger partial charge in [-0.2, -0.15) is 0 Å². The summed E-state index contributed by atoms with van der Waals surface area (Å²) in [5.74, 6) is 2.71. The van der Waals surface area contributed by atoms with Crippen LogP contribution in [0.5, 0.6) is 0 Å². The number of hydrogen-bond donors (Lipinski definition) is 1. The third-order valence-electron chi connectivity index (χ3n) is 5.74. The van der Waals surface area contributed by atoms with Gasteiger partial charge in [0.2, 0.25) is 0 Å². The Bertz CT molecular complexity index is 393. The van der Waals surface area contributed by atoms with Gasteiger partial charge in [0.1, 0.15) is 0 Å². The summed E-state index contributed by atoms with van der Waals surface area (Å²) in [6, 6.07) is 12.0. The second kappa shape index (κ2) is 6.76. The Morgan fingerprint density at radius 1 is 1.00 bits per heavy atom.